The first-order valence-electron chi connectivity index (χ1n) is 10.9. The number of thiophene rings is 1. The summed E-state index contributed by atoms with van der Waals surface area (Å²) in [6.07, 6.45) is 2.13. The number of benzene rings is 2. The van der Waals surface area contributed by atoms with E-state index in [1.54, 1.807) is 11.3 Å². The smallest absolute Gasteiger partial charge is 0.270 e. The van der Waals surface area contributed by atoms with E-state index in [9.17, 15) is 4.79 Å². The molecular formula is C26H25ClN2O2S. The van der Waals surface area contributed by atoms with Crippen LogP contribution in [-0.2, 0) is 17.8 Å². The van der Waals surface area contributed by atoms with Gasteiger partial charge in [-0.1, -0.05) is 54.1 Å². The normalized spacial score (nSPS) is 16.0. The van der Waals surface area contributed by atoms with E-state index in [0.717, 1.165) is 40.9 Å². The molecule has 0 spiro atoms. The number of carbonyl (C=O) groups is 1. The Morgan fingerprint density at radius 3 is 2.66 bits per heavy atom. The zero-order chi connectivity index (χ0) is 21.9. The van der Waals surface area contributed by atoms with Crippen molar-refractivity contribution in [2.24, 2.45) is 0 Å². The van der Waals surface area contributed by atoms with E-state index in [-0.39, 0.29) is 12.0 Å². The third-order valence-corrected chi connectivity index (χ3v) is 7.05. The van der Waals surface area contributed by atoms with E-state index in [1.807, 2.05) is 53.4 Å². The summed E-state index contributed by atoms with van der Waals surface area (Å²) in [6, 6.07) is 22.2. The number of ether oxygens (including phenoxy) is 1. The minimum atomic E-state index is 0.0368. The summed E-state index contributed by atoms with van der Waals surface area (Å²) in [5, 5.41) is 2.78. The first kappa shape index (κ1) is 21.3. The van der Waals surface area contributed by atoms with Gasteiger partial charge in [-0.15, -0.1) is 11.3 Å². The average molecular weight is 465 g/mol. The fourth-order valence-corrected chi connectivity index (χ4v) is 5.26. The van der Waals surface area contributed by atoms with Crippen LogP contribution in [0.5, 0.6) is 0 Å². The monoisotopic (exact) mass is 464 g/mol. The second-order valence-corrected chi connectivity index (χ2v) is 9.60. The molecule has 0 N–H and O–H groups in total. The lowest BCUT2D eigenvalue weighted by atomic mass is 10.1. The van der Waals surface area contributed by atoms with E-state index in [0.29, 0.717) is 24.7 Å². The maximum absolute atomic E-state index is 13.9. The van der Waals surface area contributed by atoms with E-state index < -0.39 is 0 Å². The van der Waals surface area contributed by atoms with Crippen molar-refractivity contribution in [1.82, 2.24) is 9.47 Å². The van der Waals surface area contributed by atoms with Gasteiger partial charge in [-0.05, 0) is 53.6 Å². The Balaban J connectivity index is 1.48. The minimum Gasteiger partial charge on any atom is -0.376 e. The van der Waals surface area contributed by atoms with Crippen molar-refractivity contribution in [3.8, 4) is 0 Å². The number of amides is 1. The number of fused-ring (bicyclic) bond motifs is 1. The Hall–Kier alpha value is -2.60. The molecule has 1 aliphatic heterocycles. The number of halogens is 1. The van der Waals surface area contributed by atoms with Crippen molar-refractivity contribution < 1.29 is 9.53 Å². The van der Waals surface area contributed by atoms with Crippen molar-refractivity contribution in [1.29, 1.82) is 0 Å². The molecule has 0 bridgehead atoms. The number of carbonyl (C=O) groups excluding carboxylic acids is 1. The molecule has 1 saturated heterocycles. The zero-order valence-electron chi connectivity index (χ0n) is 17.7. The molecule has 2 aromatic carbocycles. The first-order chi connectivity index (χ1) is 15.7. The highest BCUT2D eigenvalue weighted by Gasteiger charge is 2.26. The third-order valence-electron chi connectivity index (χ3n) is 5.95. The fraction of sp³-hybridized carbons (Fsp3) is 0.269. The highest BCUT2D eigenvalue weighted by Crippen LogP contribution is 2.28. The lowest BCUT2D eigenvalue weighted by Crippen LogP contribution is -2.38. The Bertz CT molecular complexity index is 1190. The van der Waals surface area contributed by atoms with Crippen LogP contribution in [0.15, 0.2) is 72.1 Å². The lowest BCUT2D eigenvalue weighted by molar-refractivity contribution is 0.0500. The van der Waals surface area contributed by atoms with Gasteiger partial charge in [-0.3, -0.25) is 4.79 Å². The van der Waals surface area contributed by atoms with E-state index >= 15 is 0 Å². The van der Waals surface area contributed by atoms with Crippen LogP contribution in [0.4, 0.5) is 0 Å². The second-order valence-electron chi connectivity index (χ2n) is 8.22. The van der Waals surface area contributed by atoms with E-state index in [1.165, 1.54) is 5.56 Å². The molecule has 1 unspecified atom stereocenters. The zero-order valence-corrected chi connectivity index (χ0v) is 19.3. The van der Waals surface area contributed by atoms with Crippen LogP contribution >= 0.6 is 22.9 Å². The summed E-state index contributed by atoms with van der Waals surface area (Å²) in [5.41, 5.74) is 4.06. The highest BCUT2D eigenvalue weighted by molar-refractivity contribution is 7.17. The topological polar surface area (TPSA) is 34.5 Å². The maximum atomic E-state index is 13.9. The SMILES string of the molecule is O=C(c1cc2sccc2n1Cc1ccccc1)N(Cc1ccc(Cl)cc1)CC1CCCO1. The lowest BCUT2D eigenvalue weighted by Gasteiger charge is -2.26. The molecule has 6 heteroatoms. The number of aromatic nitrogens is 1. The summed E-state index contributed by atoms with van der Waals surface area (Å²) in [4.78, 5) is 15.8. The third kappa shape index (κ3) is 4.60. The second kappa shape index (κ2) is 9.49. The van der Waals surface area contributed by atoms with Crippen molar-refractivity contribution in [2.75, 3.05) is 13.2 Å². The van der Waals surface area contributed by atoms with Crippen LogP contribution < -0.4 is 0 Å². The van der Waals surface area contributed by atoms with Crippen LogP contribution in [0, 0.1) is 0 Å². The summed E-state index contributed by atoms with van der Waals surface area (Å²) in [7, 11) is 0. The van der Waals surface area contributed by atoms with Gasteiger partial charge >= 0.3 is 0 Å². The van der Waals surface area contributed by atoms with Crippen molar-refractivity contribution in [3.05, 3.63) is 94.0 Å². The standard InChI is InChI=1S/C26H25ClN2O2S/c27-21-10-8-20(9-11-21)16-28(18-22-7-4-13-31-22)26(30)24-15-25-23(12-14-32-25)29(24)17-19-5-2-1-3-6-19/h1-3,5-6,8-12,14-15,22H,4,7,13,16-18H2. The molecule has 3 heterocycles. The van der Waals surface area contributed by atoms with E-state index in [4.69, 9.17) is 16.3 Å². The average Bonchev–Trinajstić information content (AvgIpc) is 3.55. The number of nitrogens with zero attached hydrogens (tertiary/aromatic N) is 2. The number of hydrogen-bond donors (Lipinski definition) is 0. The van der Waals surface area contributed by atoms with Crippen LogP contribution in [0.25, 0.3) is 10.2 Å². The Labute approximate surface area is 197 Å². The van der Waals surface area contributed by atoms with Crippen molar-refractivity contribution in [3.63, 3.8) is 0 Å². The number of rotatable bonds is 7. The number of hydrogen-bond acceptors (Lipinski definition) is 3. The molecule has 5 rings (SSSR count). The fourth-order valence-electron chi connectivity index (χ4n) is 4.32. The molecule has 1 fully saturated rings. The largest absolute Gasteiger partial charge is 0.376 e. The Morgan fingerprint density at radius 1 is 1.09 bits per heavy atom. The molecular weight excluding hydrogens is 440 g/mol. The van der Waals surface area contributed by atoms with Gasteiger partial charge < -0.3 is 14.2 Å². The molecule has 2 aromatic heterocycles. The molecule has 1 amide bonds. The van der Waals surface area contributed by atoms with Crippen LogP contribution in [0.1, 0.15) is 34.5 Å². The summed E-state index contributed by atoms with van der Waals surface area (Å²) >= 11 is 7.74. The quantitative estimate of drug-likeness (QED) is 0.325. The molecule has 0 saturated carbocycles. The molecule has 4 aromatic rings. The van der Waals surface area contributed by atoms with Gasteiger partial charge in [0.25, 0.3) is 5.91 Å². The molecule has 4 nitrogen and oxygen atoms in total. The first-order valence-corrected chi connectivity index (χ1v) is 12.2. The van der Waals surface area contributed by atoms with Gasteiger partial charge in [0.15, 0.2) is 0 Å². The molecule has 1 atom stereocenters. The molecule has 164 valence electrons. The minimum absolute atomic E-state index is 0.0368. The predicted octanol–water partition coefficient (Wildman–Crippen LogP) is 6.23. The van der Waals surface area contributed by atoms with E-state index in [2.05, 4.69) is 28.1 Å². The molecule has 32 heavy (non-hydrogen) atoms. The van der Waals surface area contributed by atoms with Crippen LogP contribution in [0.3, 0.4) is 0 Å². The predicted molar refractivity (Wildman–Crippen MR) is 131 cm³/mol. The molecule has 1 aliphatic rings. The van der Waals surface area contributed by atoms with Gasteiger partial charge in [0.2, 0.25) is 0 Å². The van der Waals surface area contributed by atoms with Crippen LogP contribution in [0.2, 0.25) is 5.02 Å². The van der Waals surface area contributed by atoms with Gasteiger partial charge in [0.05, 0.1) is 16.3 Å². The van der Waals surface area contributed by atoms with Gasteiger partial charge in [-0.25, -0.2) is 0 Å². The Kier molecular flexibility index (Phi) is 6.30. The van der Waals surface area contributed by atoms with Gasteiger partial charge in [0.1, 0.15) is 5.69 Å². The van der Waals surface area contributed by atoms with Crippen molar-refractivity contribution >= 4 is 39.1 Å². The Morgan fingerprint density at radius 2 is 1.91 bits per heavy atom. The molecule has 0 radical (unpaired) electrons. The summed E-state index contributed by atoms with van der Waals surface area (Å²) in [5.74, 6) is 0.0368. The van der Waals surface area contributed by atoms with Gasteiger partial charge in [-0.2, -0.15) is 0 Å². The van der Waals surface area contributed by atoms with Crippen molar-refractivity contribution in [2.45, 2.75) is 32.0 Å². The summed E-state index contributed by atoms with van der Waals surface area (Å²) in [6.45, 7) is 2.55. The maximum Gasteiger partial charge on any atom is 0.270 e. The van der Waals surface area contributed by atoms with Gasteiger partial charge in [0, 0.05) is 31.3 Å². The molecule has 0 aliphatic carbocycles. The van der Waals surface area contributed by atoms with Crippen LogP contribution in [-0.4, -0.2) is 34.6 Å². The highest BCUT2D eigenvalue weighted by atomic mass is 35.5. The summed E-state index contributed by atoms with van der Waals surface area (Å²) < 4.78 is 9.16.